The van der Waals surface area contributed by atoms with E-state index in [9.17, 15) is 8.78 Å². The standard InChI is InChI=1S/C16H19F2NO/c17-15-4-10-1-2-14(3-11(10)5-16(15)18)19-6-12-8-20-9-13(12)7-19/h4-5,12-14H,1-3,6-9H2. The van der Waals surface area contributed by atoms with Crippen LogP contribution in [-0.4, -0.2) is 37.2 Å². The lowest BCUT2D eigenvalue weighted by molar-refractivity contribution is 0.134. The van der Waals surface area contributed by atoms with Crippen molar-refractivity contribution in [3.05, 3.63) is 34.9 Å². The first-order chi connectivity index (χ1) is 9.70. The highest BCUT2D eigenvalue weighted by Gasteiger charge is 2.40. The van der Waals surface area contributed by atoms with E-state index in [0.717, 1.165) is 56.7 Å². The van der Waals surface area contributed by atoms with Gasteiger partial charge in [0.05, 0.1) is 13.2 Å². The predicted molar refractivity (Wildman–Crippen MR) is 71.5 cm³/mol. The molecule has 0 amide bonds. The molecule has 20 heavy (non-hydrogen) atoms. The van der Waals surface area contributed by atoms with Gasteiger partial charge in [0.25, 0.3) is 0 Å². The normalized spacial score (nSPS) is 33.2. The molecule has 0 spiro atoms. The summed E-state index contributed by atoms with van der Waals surface area (Å²) in [4.78, 5) is 2.54. The monoisotopic (exact) mass is 279 g/mol. The maximum absolute atomic E-state index is 13.4. The molecule has 0 bridgehead atoms. The summed E-state index contributed by atoms with van der Waals surface area (Å²) in [5.74, 6) is -0.0613. The average molecular weight is 279 g/mol. The number of aryl methyl sites for hydroxylation is 1. The Kier molecular flexibility index (Phi) is 3.04. The Hall–Kier alpha value is -1.00. The fourth-order valence-corrected chi connectivity index (χ4v) is 4.06. The first kappa shape index (κ1) is 12.7. The third kappa shape index (κ3) is 2.06. The Labute approximate surface area is 117 Å². The number of benzene rings is 1. The van der Waals surface area contributed by atoms with Crippen molar-refractivity contribution in [3.8, 4) is 0 Å². The highest BCUT2D eigenvalue weighted by Crippen LogP contribution is 2.34. The molecule has 0 radical (unpaired) electrons. The highest BCUT2D eigenvalue weighted by atomic mass is 19.2. The Balaban J connectivity index is 1.51. The van der Waals surface area contributed by atoms with Crippen molar-refractivity contribution in [1.82, 2.24) is 4.90 Å². The van der Waals surface area contributed by atoms with Gasteiger partial charge in [-0.2, -0.15) is 0 Å². The van der Waals surface area contributed by atoms with E-state index in [2.05, 4.69) is 4.90 Å². The van der Waals surface area contributed by atoms with Gasteiger partial charge in [0, 0.05) is 31.0 Å². The van der Waals surface area contributed by atoms with Crippen LogP contribution in [0.15, 0.2) is 12.1 Å². The number of likely N-dealkylation sites (tertiary alicyclic amines) is 1. The minimum atomic E-state index is -0.713. The van der Waals surface area contributed by atoms with Crippen molar-refractivity contribution in [2.45, 2.75) is 25.3 Å². The lowest BCUT2D eigenvalue weighted by atomic mass is 9.87. The number of halogens is 2. The summed E-state index contributed by atoms with van der Waals surface area (Å²) >= 11 is 0. The van der Waals surface area contributed by atoms with Crippen LogP contribution in [0.3, 0.4) is 0 Å². The second-order valence-corrected chi connectivity index (χ2v) is 6.44. The molecule has 0 saturated carbocycles. The van der Waals surface area contributed by atoms with E-state index in [-0.39, 0.29) is 0 Å². The van der Waals surface area contributed by atoms with E-state index in [1.807, 2.05) is 0 Å². The molecule has 2 nitrogen and oxygen atoms in total. The molecule has 1 aromatic carbocycles. The van der Waals surface area contributed by atoms with Crippen LogP contribution in [0.2, 0.25) is 0 Å². The predicted octanol–water partition coefficient (Wildman–Crippen LogP) is 2.40. The molecular weight excluding hydrogens is 260 g/mol. The molecule has 2 saturated heterocycles. The molecule has 4 rings (SSSR count). The number of hydrogen-bond acceptors (Lipinski definition) is 2. The van der Waals surface area contributed by atoms with Gasteiger partial charge in [-0.05, 0) is 42.5 Å². The maximum Gasteiger partial charge on any atom is 0.159 e. The quantitative estimate of drug-likeness (QED) is 0.782. The summed E-state index contributed by atoms with van der Waals surface area (Å²) < 4.78 is 32.2. The van der Waals surface area contributed by atoms with Crippen LogP contribution in [-0.2, 0) is 17.6 Å². The summed E-state index contributed by atoms with van der Waals surface area (Å²) in [5, 5.41) is 0. The van der Waals surface area contributed by atoms with E-state index in [1.165, 1.54) is 12.1 Å². The Morgan fingerprint density at radius 2 is 1.65 bits per heavy atom. The third-order valence-corrected chi connectivity index (χ3v) is 5.23. The maximum atomic E-state index is 13.4. The van der Waals surface area contributed by atoms with Crippen molar-refractivity contribution < 1.29 is 13.5 Å². The molecule has 4 heteroatoms. The summed E-state index contributed by atoms with van der Waals surface area (Å²) in [7, 11) is 0. The SMILES string of the molecule is Fc1cc2c(cc1F)CC(N1CC3COCC3C1)CC2. The molecule has 2 fully saturated rings. The molecule has 2 aliphatic heterocycles. The number of fused-ring (bicyclic) bond motifs is 2. The Morgan fingerprint density at radius 1 is 1.00 bits per heavy atom. The molecule has 0 N–H and O–H groups in total. The number of rotatable bonds is 1. The number of hydrogen-bond donors (Lipinski definition) is 0. The lowest BCUT2D eigenvalue weighted by Crippen LogP contribution is -2.38. The average Bonchev–Trinajstić information content (AvgIpc) is 3.00. The zero-order valence-corrected chi connectivity index (χ0v) is 11.4. The molecular formula is C16H19F2NO. The first-order valence-corrected chi connectivity index (χ1v) is 7.49. The van der Waals surface area contributed by atoms with Crippen LogP contribution in [0, 0.1) is 23.5 Å². The minimum absolute atomic E-state index is 0.484. The molecule has 1 aliphatic carbocycles. The fourth-order valence-electron chi connectivity index (χ4n) is 4.06. The van der Waals surface area contributed by atoms with Crippen LogP contribution < -0.4 is 0 Å². The van der Waals surface area contributed by atoms with Crippen molar-refractivity contribution in [1.29, 1.82) is 0 Å². The summed E-state index contributed by atoms with van der Waals surface area (Å²) in [6.45, 7) is 4.00. The molecule has 3 atom stereocenters. The Morgan fingerprint density at radius 3 is 2.35 bits per heavy atom. The van der Waals surface area contributed by atoms with Crippen LogP contribution >= 0.6 is 0 Å². The smallest absolute Gasteiger partial charge is 0.159 e. The van der Waals surface area contributed by atoms with Gasteiger partial charge in [-0.15, -0.1) is 0 Å². The topological polar surface area (TPSA) is 12.5 Å². The van der Waals surface area contributed by atoms with Crippen molar-refractivity contribution in [2.75, 3.05) is 26.3 Å². The van der Waals surface area contributed by atoms with Gasteiger partial charge in [0.2, 0.25) is 0 Å². The molecule has 0 aromatic heterocycles. The molecule has 3 aliphatic rings. The molecule has 1 aromatic rings. The van der Waals surface area contributed by atoms with Gasteiger partial charge in [0.15, 0.2) is 11.6 Å². The van der Waals surface area contributed by atoms with Crippen molar-refractivity contribution in [3.63, 3.8) is 0 Å². The zero-order chi connectivity index (χ0) is 13.7. The second kappa shape index (κ2) is 4.78. The van der Waals surface area contributed by atoms with Gasteiger partial charge in [0.1, 0.15) is 0 Å². The van der Waals surface area contributed by atoms with E-state index >= 15 is 0 Å². The van der Waals surface area contributed by atoms with E-state index < -0.39 is 11.6 Å². The van der Waals surface area contributed by atoms with Gasteiger partial charge in [-0.3, -0.25) is 4.90 Å². The van der Waals surface area contributed by atoms with Gasteiger partial charge < -0.3 is 4.74 Å². The van der Waals surface area contributed by atoms with Gasteiger partial charge in [-0.1, -0.05) is 0 Å². The van der Waals surface area contributed by atoms with Crippen LogP contribution in [0.1, 0.15) is 17.5 Å². The lowest BCUT2D eigenvalue weighted by Gasteiger charge is -2.33. The number of ether oxygens (including phenoxy) is 1. The first-order valence-electron chi connectivity index (χ1n) is 7.49. The van der Waals surface area contributed by atoms with Crippen LogP contribution in [0.4, 0.5) is 8.78 Å². The molecule has 2 heterocycles. The summed E-state index contributed by atoms with van der Waals surface area (Å²) in [5.41, 5.74) is 1.98. The molecule has 108 valence electrons. The second-order valence-electron chi connectivity index (χ2n) is 6.44. The van der Waals surface area contributed by atoms with E-state index in [0.29, 0.717) is 17.9 Å². The summed E-state index contributed by atoms with van der Waals surface area (Å²) in [6, 6.07) is 3.27. The number of nitrogens with zero attached hydrogens (tertiary/aromatic N) is 1. The van der Waals surface area contributed by atoms with E-state index in [4.69, 9.17) is 4.74 Å². The molecule has 3 unspecified atom stereocenters. The van der Waals surface area contributed by atoms with E-state index in [1.54, 1.807) is 0 Å². The largest absolute Gasteiger partial charge is 0.381 e. The Bertz CT molecular complexity index is 521. The minimum Gasteiger partial charge on any atom is -0.381 e. The van der Waals surface area contributed by atoms with Crippen molar-refractivity contribution >= 4 is 0 Å². The summed E-state index contributed by atoms with van der Waals surface area (Å²) in [6.07, 6.45) is 2.77. The van der Waals surface area contributed by atoms with Gasteiger partial charge >= 0.3 is 0 Å². The highest BCUT2D eigenvalue weighted by molar-refractivity contribution is 5.32. The van der Waals surface area contributed by atoms with Gasteiger partial charge in [-0.25, -0.2) is 8.78 Å². The van der Waals surface area contributed by atoms with Crippen molar-refractivity contribution in [2.24, 2.45) is 11.8 Å². The zero-order valence-electron chi connectivity index (χ0n) is 11.4. The third-order valence-electron chi connectivity index (χ3n) is 5.23. The van der Waals surface area contributed by atoms with Crippen LogP contribution in [0.5, 0.6) is 0 Å². The van der Waals surface area contributed by atoms with Crippen LogP contribution in [0.25, 0.3) is 0 Å². The fraction of sp³-hybridized carbons (Fsp3) is 0.625.